The molecule has 2 aliphatic rings. The number of H-pyrrole nitrogens is 1. The Morgan fingerprint density at radius 3 is 2.10 bits per heavy atom. The maximum atomic E-state index is 12.8. The van der Waals surface area contributed by atoms with Crippen LogP contribution in [0.2, 0.25) is 0 Å². The minimum Gasteiger partial charge on any atom is -0.855 e. The van der Waals surface area contributed by atoms with Crippen molar-refractivity contribution in [3.05, 3.63) is 16.2 Å². The molecule has 0 bridgehead atoms. The van der Waals surface area contributed by atoms with E-state index in [1.165, 1.54) is 0 Å². The number of anilines is 1. The monoisotopic (exact) mass is 492 g/mol. The Hall–Kier alpha value is -0.960. The van der Waals surface area contributed by atoms with Crippen LogP contribution in [0, 0.1) is 11.2 Å². The standard InChI is InChI=1S/C8H10FN3O3.C5H11N3O.C2H5O.BrH.Na/c9-5-6(13)10-8(11-7(5)14)12-1-3-15-4-2-12;6-5(7)8-1-3-9-4-2-8;1-2-3;;/h1-4H2,(H2,10,11,13,14);1-4H2,(H3,6,7);2H2,1H3;1H;/q;;-1;;+1. The molecule has 2 saturated heterocycles. The zero-order valence-corrected chi connectivity index (χ0v) is 20.4. The summed E-state index contributed by atoms with van der Waals surface area (Å²) in [7, 11) is 0. The first-order chi connectivity index (χ1) is 12.9. The van der Waals surface area contributed by atoms with Crippen LogP contribution in [0.1, 0.15) is 6.92 Å². The maximum Gasteiger partial charge on any atom is 1.00 e. The van der Waals surface area contributed by atoms with E-state index in [0.29, 0.717) is 39.5 Å². The second-order valence-corrected chi connectivity index (χ2v) is 5.40. The van der Waals surface area contributed by atoms with Crippen molar-refractivity contribution in [1.82, 2.24) is 14.9 Å². The summed E-state index contributed by atoms with van der Waals surface area (Å²) in [4.78, 5) is 20.3. The number of guanidine groups is 1. The van der Waals surface area contributed by atoms with Crippen molar-refractivity contribution < 1.29 is 53.6 Å². The van der Waals surface area contributed by atoms with Crippen LogP contribution in [0.25, 0.3) is 0 Å². The number of nitrogens with zero attached hydrogens (tertiary/aromatic N) is 3. The fourth-order valence-corrected chi connectivity index (χ4v) is 2.16. The van der Waals surface area contributed by atoms with Crippen LogP contribution >= 0.6 is 17.0 Å². The second kappa shape index (κ2) is 16.8. The summed E-state index contributed by atoms with van der Waals surface area (Å²) in [6, 6.07) is 0. The molecule has 162 valence electrons. The Morgan fingerprint density at radius 1 is 1.28 bits per heavy atom. The zero-order valence-electron chi connectivity index (χ0n) is 16.6. The SMILES string of the molecule is Br.CC[O-].N=C(N)N1CCOCC1.O=c1[nH]c(N2CCOCC2)nc(O)c1F.[Na+]. The number of hydrogen-bond acceptors (Lipinski definition) is 8. The van der Waals surface area contributed by atoms with Crippen molar-refractivity contribution in [2.75, 3.05) is 64.1 Å². The maximum absolute atomic E-state index is 12.8. The molecule has 0 radical (unpaired) electrons. The smallest absolute Gasteiger partial charge is 0.855 e. The first-order valence-corrected chi connectivity index (χ1v) is 8.47. The summed E-state index contributed by atoms with van der Waals surface area (Å²) in [5.41, 5.74) is 4.25. The van der Waals surface area contributed by atoms with Crippen LogP contribution in [-0.2, 0) is 9.47 Å². The van der Waals surface area contributed by atoms with Gasteiger partial charge in [0, 0.05) is 26.2 Å². The number of halogens is 2. The molecule has 29 heavy (non-hydrogen) atoms. The zero-order chi connectivity index (χ0) is 20.2. The fourth-order valence-electron chi connectivity index (χ4n) is 2.16. The van der Waals surface area contributed by atoms with Gasteiger partial charge in [0.2, 0.25) is 11.8 Å². The van der Waals surface area contributed by atoms with E-state index in [-0.39, 0.29) is 65.1 Å². The van der Waals surface area contributed by atoms with E-state index in [1.807, 2.05) is 0 Å². The number of hydrogen-bond donors (Lipinski definition) is 4. The van der Waals surface area contributed by atoms with Gasteiger partial charge in [0.1, 0.15) is 0 Å². The molecule has 0 unspecified atom stereocenters. The van der Waals surface area contributed by atoms with Crippen LogP contribution in [0.15, 0.2) is 4.79 Å². The van der Waals surface area contributed by atoms with Crippen LogP contribution in [0.4, 0.5) is 10.3 Å². The summed E-state index contributed by atoms with van der Waals surface area (Å²) in [6.45, 7) is 6.61. The third-order valence-corrected chi connectivity index (χ3v) is 3.50. The predicted octanol–water partition coefficient (Wildman–Crippen LogP) is -4.39. The summed E-state index contributed by atoms with van der Waals surface area (Å²) in [5.74, 6) is -1.81. The molecule has 2 aliphatic heterocycles. The summed E-state index contributed by atoms with van der Waals surface area (Å²) < 4.78 is 22.9. The van der Waals surface area contributed by atoms with Gasteiger partial charge in [-0.15, -0.1) is 23.6 Å². The third-order valence-electron chi connectivity index (χ3n) is 3.50. The first kappa shape index (κ1) is 30.2. The second-order valence-electron chi connectivity index (χ2n) is 5.40. The van der Waals surface area contributed by atoms with Gasteiger partial charge in [0.25, 0.3) is 11.4 Å². The Morgan fingerprint density at radius 2 is 1.72 bits per heavy atom. The molecule has 1 aromatic heterocycles. The molecule has 0 atom stereocenters. The van der Waals surface area contributed by atoms with Gasteiger partial charge in [-0.25, -0.2) is 0 Å². The van der Waals surface area contributed by atoms with Crippen LogP contribution < -0.4 is 50.9 Å². The van der Waals surface area contributed by atoms with E-state index < -0.39 is 17.3 Å². The van der Waals surface area contributed by atoms with Crippen molar-refractivity contribution in [2.24, 2.45) is 5.73 Å². The van der Waals surface area contributed by atoms with E-state index in [4.69, 9.17) is 30.8 Å². The molecule has 1 aromatic rings. The third kappa shape index (κ3) is 11.1. The van der Waals surface area contributed by atoms with Gasteiger partial charge in [0.05, 0.1) is 26.4 Å². The molecule has 0 amide bonds. The number of rotatable bonds is 1. The van der Waals surface area contributed by atoms with E-state index in [1.54, 1.807) is 16.7 Å². The van der Waals surface area contributed by atoms with Crippen molar-refractivity contribution in [1.29, 1.82) is 5.41 Å². The molecule has 14 heteroatoms. The molecule has 0 aliphatic carbocycles. The molecule has 0 saturated carbocycles. The van der Waals surface area contributed by atoms with Crippen LogP contribution in [0.5, 0.6) is 5.88 Å². The normalized spacial score (nSPS) is 15.4. The molecule has 11 nitrogen and oxygen atoms in total. The van der Waals surface area contributed by atoms with Crippen LogP contribution in [0.3, 0.4) is 0 Å². The number of aromatic amines is 1. The van der Waals surface area contributed by atoms with Gasteiger partial charge in [-0.3, -0.25) is 15.2 Å². The fraction of sp³-hybridized carbons (Fsp3) is 0.667. The van der Waals surface area contributed by atoms with E-state index >= 15 is 0 Å². The molecule has 0 spiro atoms. The Bertz CT molecular complexity index is 644. The number of ether oxygens (including phenoxy) is 2. The largest absolute Gasteiger partial charge is 1.00 e. The average Bonchev–Trinajstić information content (AvgIpc) is 2.68. The minimum atomic E-state index is -1.26. The van der Waals surface area contributed by atoms with Crippen molar-refractivity contribution >= 4 is 28.9 Å². The Kier molecular flexibility index (Phi) is 17.5. The van der Waals surface area contributed by atoms with Gasteiger partial charge in [-0.2, -0.15) is 9.37 Å². The number of nitrogens with two attached hydrogens (primary N) is 1. The van der Waals surface area contributed by atoms with Crippen molar-refractivity contribution in [3.63, 3.8) is 0 Å². The molecule has 3 heterocycles. The van der Waals surface area contributed by atoms with Gasteiger partial charge >= 0.3 is 29.6 Å². The van der Waals surface area contributed by atoms with E-state index in [9.17, 15) is 9.18 Å². The Labute approximate surface area is 200 Å². The molecular weight excluding hydrogens is 466 g/mol. The number of aromatic nitrogens is 2. The van der Waals surface area contributed by atoms with Gasteiger partial charge in [-0.1, -0.05) is 6.92 Å². The van der Waals surface area contributed by atoms with Gasteiger partial charge in [0.15, 0.2) is 5.96 Å². The van der Waals surface area contributed by atoms with E-state index in [2.05, 4.69) is 9.97 Å². The average molecular weight is 493 g/mol. The summed E-state index contributed by atoms with van der Waals surface area (Å²) >= 11 is 0. The first-order valence-electron chi connectivity index (χ1n) is 8.47. The predicted molar refractivity (Wildman–Crippen MR) is 105 cm³/mol. The Balaban J connectivity index is 0. The number of aromatic hydroxyl groups is 1. The number of morpholine rings is 2. The number of nitrogens with one attached hydrogen (secondary N) is 2. The molecule has 0 aromatic carbocycles. The summed E-state index contributed by atoms with van der Waals surface area (Å²) in [5, 5.41) is 25.0. The van der Waals surface area contributed by atoms with E-state index in [0.717, 1.165) is 13.1 Å². The quantitative estimate of drug-likeness (QED) is 0.172. The van der Waals surface area contributed by atoms with Gasteiger partial charge in [-0.05, 0) is 0 Å². The molecule has 3 rings (SSSR count). The van der Waals surface area contributed by atoms with Gasteiger partial charge < -0.3 is 35.2 Å². The molecule has 2 fully saturated rings. The summed E-state index contributed by atoms with van der Waals surface area (Å²) in [6.07, 6.45) is 0. The van der Waals surface area contributed by atoms with Crippen molar-refractivity contribution in [2.45, 2.75) is 6.92 Å². The van der Waals surface area contributed by atoms with Crippen LogP contribution in [-0.4, -0.2) is 85.1 Å². The molecular formula is C15H27BrFN6NaO5. The minimum absolute atomic E-state index is 0. The molecule has 5 N–H and O–H groups in total. The topological polar surface area (TPSA) is 164 Å². The van der Waals surface area contributed by atoms with Crippen molar-refractivity contribution in [3.8, 4) is 5.88 Å².